The van der Waals surface area contributed by atoms with Crippen LogP contribution in [0.4, 0.5) is 0 Å². The molecule has 0 saturated heterocycles. The maximum atomic E-state index is 10.3. The minimum absolute atomic E-state index is 0.276. The lowest BCUT2D eigenvalue weighted by molar-refractivity contribution is -0.132. The molecule has 0 radical (unpaired) electrons. The highest BCUT2D eigenvalue weighted by Gasteiger charge is 2.35. The van der Waals surface area contributed by atoms with Crippen LogP contribution in [0, 0.1) is 6.92 Å². The molecule has 1 aliphatic rings. The van der Waals surface area contributed by atoms with Gasteiger partial charge >= 0.3 is 0 Å². The van der Waals surface area contributed by atoms with Crippen molar-refractivity contribution in [3.8, 4) is 11.5 Å². The molecule has 1 aliphatic heterocycles. The molecule has 4 nitrogen and oxygen atoms in total. The molecule has 1 N–H and O–H groups in total. The number of hydrogen-bond acceptors (Lipinski definition) is 4. The summed E-state index contributed by atoms with van der Waals surface area (Å²) in [6, 6.07) is 15.7. The van der Waals surface area contributed by atoms with E-state index in [4.69, 9.17) is 14.2 Å². The highest BCUT2D eigenvalue weighted by Crippen LogP contribution is 2.47. The second-order valence-corrected chi connectivity index (χ2v) is 6.31. The molecule has 0 aliphatic carbocycles. The molecule has 3 aromatic carbocycles. The Hall–Kier alpha value is -2.56. The number of aryl methyl sites for hydroxylation is 1. The summed E-state index contributed by atoms with van der Waals surface area (Å²) in [5.41, 5.74) is 3.93. The summed E-state index contributed by atoms with van der Waals surface area (Å²) < 4.78 is 17.2. The highest BCUT2D eigenvalue weighted by atomic mass is 16.7. The van der Waals surface area contributed by atoms with Crippen LogP contribution >= 0.6 is 0 Å². The molecule has 4 rings (SSSR count). The lowest BCUT2D eigenvalue weighted by Crippen LogP contribution is -2.02. The van der Waals surface area contributed by atoms with Gasteiger partial charge in [0.1, 0.15) is 17.6 Å². The fraction of sp³-hybridized carbons (Fsp3) is 0.238. The van der Waals surface area contributed by atoms with Crippen LogP contribution in [0.15, 0.2) is 48.5 Å². The smallest absolute Gasteiger partial charge is 0.185 e. The molecule has 0 bridgehead atoms. The van der Waals surface area contributed by atoms with Crippen molar-refractivity contribution in [1.82, 2.24) is 0 Å². The molecule has 128 valence electrons. The van der Waals surface area contributed by atoms with E-state index >= 15 is 0 Å². The van der Waals surface area contributed by atoms with Crippen LogP contribution in [0.25, 0.3) is 10.8 Å². The van der Waals surface area contributed by atoms with E-state index in [9.17, 15) is 5.11 Å². The van der Waals surface area contributed by atoms with Gasteiger partial charge in [0.15, 0.2) is 6.29 Å². The first kappa shape index (κ1) is 15.9. The van der Waals surface area contributed by atoms with Crippen molar-refractivity contribution in [3.63, 3.8) is 0 Å². The van der Waals surface area contributed by atoms with E-state index in [1.54, 1.807) is 20.3 Å². The Bertz CT molecular complexity index is 948. The molecule has 2 unspecified atom stereocenters. The predicted octanol–water partition coefficient (Wildman–Crippen LogP) is 4.63. The number of hydrogen-bond donors (Lipinski definition) is 1. The first-order chi connectivity index (χ1) is 12.1. The molecule has 25 heavy (non-hydrogen) atoms. The van der Waals surface area contributed by atoms with Crippen LogP contribution in [-0.2, 0) is 9.47 Å². The number of phenols is 1. The van der Waals surface area contributed by atoms with Gasteiger partial charge in [0, 0.05) is 23.6 Å². The second-order valence-electron chi connectivity index (χ2n) is 6.31. The zero-order chi connectivity index (χ0) is 17.6. The summed E-state index contributed by atoms with van der Waals surface area (Å²) in [6.45, 7) is 1.97. The highest BCUT2D eigenvalue weighted by molar-refractivity contribution is 5.89. The first-order valence-electron chi connectivity index (χ1n) is 8.20. The maximum Gasteiger partial charge on any atom is 0.185 e. The van der Waals surface area contributed by atoms with Crippen LogP contribution < -0.4 is 4.74 Å². The maximum absolute atomic E-state index is 10.3. The van der Waals surface area contributed by atoms with Crippen LogP contribution in [0.3, 0.4) is 0 Å². The molecular weight excluding hydrogens is 316 g/mol. The topological polar surface area (TPSA) is 47.9 Å². The van der Waals surface area contributed by atoms with Gasteiger partial charge in [-0.25, -0.2) is 0 Å². The lowest BCUT2D eigenvalue weighted by Gasteiger charge is -2.16. The zero-order valence-electron chi connectivity index (χ0n) is 14.4. The first-order valence-corrected chi connectivity index (χ1v) is 8.20. The summed E-state index contributed by atoms with van der Waals surface area (Å²) in [4.78, 5) is 0. The van der Waals surface area contributed by atoms with E-state index in [2.05, 4.69) is 6.07 Å². The molecule has 0 spiro atoms. The third-order valence-electron chi connectivity index (χ3n) is 4.71. The van der Waals surface area contributed by atoms with Crippen LogP contribution in [0.1, 0.15) is 34.6 Å². The van der Waals surface area contributed by atoms with Gasteiger partial charge < -0.3 is 19.3 Å². The van der Waals surface area contributed by atoms with E-state index in [1.165, 1.54) is 0 Å². The lowest BCUT2D eigenvalue weighted by atomic mass is 9.95. The standard InChI is InChI=1S/C21H20O4/c1-12-9-13-7-8-14(11-16(13)17(22)10-12)20-19-15(21(24-3)25-20)5-4-6-18(19)23-2/h4-11,20-22H,1-3H3. The molecule has 4 heteroatoms. The molecular formula is C21H20O4. The zero-order valence-corrected chi connectivity index (χ0v) is 14.4. The summed E-state index contributed by atoms with van der Waals surface area (Å²) in [6.07, 6.45) is -0.737. The number of aromatic hydroxyl groups is 1. The van der Waals surface area contributed by atoms with Crippen molar-refractivity contribution in [2.45, 2.75) is 19.3 Å². The summed E-state index contributed by atoms with van der Waals surface area (Å²) in [7, 11) is 3.28. The molecule has 2 atom stereocenters. The molecule has 0 saturated carbocycles. The van der Waals surface area contributed by atoms with E-state index in [0.29, 0.717) is 0 Å². The average Bonchev–Trinajstić information content (AvgIpc) is 3.00. The van der Waals surface area contributed by atoms with Gasteiger partial charge in [-0.05, 0) is 41.6 Å². The van der Waals surface area contributed by atoms with Crippen molar-refractivity contribution >= 4 is 10.8 Å². The minimum Gasteiger partial charge on any atom is -0.507 e. The molecule has 0 fully saturated rings. The Balaban J connectivity index is 1.88. The fourth-order valence-corrected chi connectivity index (χ4v) is 3.58. The summed E-state index contributed by atoms with van der Waals surface area (Å²) in [5, 5.41) is 12.1. The summed E-state index contributed by atoms with van der Waals surface area (Å²) >= 11 is 0. The normalized spacial score (nSPS) is 19.2. The van der Waals surface area contributed by atoms with Crippen LogP contribution in [0.5, 0.6) is 11.5 Å². The van der Waals surface area contributed by atoms with E-state index < -0.39 is 6.29 Å². The minimum atomic E-state index is -0.433. The Morgan fingerprint density at radius 1 is 1.04 bits per heavy atom. The van der Waals surface area contributed by atoms with Crippen molar-refractivity contribution in [2.75, 3.05) is 14.2 Å². The number of rotatable bonds is 3. The van der Waals surface area contributed by atoms with Gasteiger partial charge in [0.25, 0.3) is 0 Å². The van der Waals surface area contributed by atoms with Crippen LogP contribution in [0.2, 0.25) is 0 Å². The Labute approximate surface area is 146 Å². The van der Waals surface area contributed by atoms with Crippen molar-refractivity contribution in [3.05, 3.63) is 70.8 Å². The number of fused-ring (bicyclic) bond motifs is 2. The van der Waals surface area contributed by atoms with Crippen LogP contribution in [-0.4, -0.2) is 19.3 Å². The quantitative estimate of drug-likeness (QED) is 0.758. The summed E-state index contributed by atoms with van der Waals surface area (Å²) in [5.74, 6) is 1.05. The van der Waals surface area contributed by atoms with Gasteiger partial charge in [0.05, 0.1) is 7.11 Å². The van der Waals surface area contributed by atoms with E-state index in [-0.39, 0.29) is 11.9 Å². The van der Waals surface area contributed by atoms with Gasteiger partial charge in [-0.15, -0.1) is 0 Å². The molecule has 3 aromatic rings. The number of methoxy groups -OCH3 is 2. The van der Waals surface area contributed by atoms with E-state index in [1.807, 2.05) is 43.3 Å². The number of benzene rings is 3. The van der Waals surface area contributed by atoms with Crippen molar-refractivity contribution in [1.29, 1.82) is 0 Å². The van der Waals surface area contributed by atoms with Crippen molar-refractivity contribution < 1.29 is 19.3 Å². The Morgan fingerprint density at radius 2 is 1.88 bits per heavy atom. The second kappa shape index (κ2) is 6.06. The fourth-order valence-electron chi connectivity index (χ4n) is 3.58. The number of ether oxygens (including phenoxy) is 3. The van der Waals surface area contributed by atoms with Gasteiger partial charge in [-0.3, -0.25) is 0 Å². The Kier molecular flexibility index (Phi) is 3.86. The van der Waals surface area contributed by atoms with Gasteiger partial charge in [-0.2, -0.15) is 0 Å². The van der Waals surface area contributed by atoms with Crippen molar-refractivity contribution in [2.24, 2.45) is 0 Å². The van der Waals surface area contributed by atoms with Gasteiger partial charge in [0.2, 0.25) is 0 Å². The number of phenolic OH excluding ortho intramolecular Hbond substituents is 1. The predicted molar refractivity (Wildman–Crippen MR) is 96.0 cm³/mol. The molecule has 0 aromatic heterocycles. The molecule has 0 amide bonds. The third kappa shape index (κ3) is 2.54. The Morgan fingerprint density at radius 3 is 2.64 bits per heavy atom. The van der Waals surface area contributed by atoms with E-state index in [0.717, 1.165) is 38.8 Å². The third-order valence-corrected chi connectivity index (χ3v) is 4.71. The SMILES string of the molecule is COc1cccc2c1C(c1ccc3cc(C)cc(O)c3c1)OC2OC. The largest absolute Gasteiger partial charge is 0.507 e. The van der Waals surface area contributed by atoms with Gasteiger partial charge in [-0.1, -0.05) is 30.3 Å². The monoisotopic (exact) mass is 336 g/mol. The average molecular weight is 336 g/mol. The molecule has 1 heterocycles.